The number of piperidine rings is 1. The van der Waals surface area contributed by atoms with Gasteiger partial charge in [0, 0.05) is 42.5 Å². The third-order valence-corrected chi connectivity index (χ3v) is 6.67. The second-order valence-electron chi connectivity index (χ2n) is 7.40. The fraction of sp³-hybridized carbons (Fsp3) is 0.286. The molecule has 4 rings (SSSR count). The highest BCUT2D eigenvalue weighted by Crippen LogP contribution is 2.29. The van der Waals surface area contributed by atoms with Crippen molar-refractivity contribution in [3.05, 3.63) is 59.9 Å². The molecule has 0 aliphatic carbocycles. The molecule has 1 fully saturated rings. The summed E-state index contributed by atoms with van der Waals surface area (Å²) in [6.45, 7) is 1.39. The van der Waals surface area contributed by atoms with Crippen molar-refractivity contribution in [2.45, 2.75) is 18.9 Å². The zero-order chi connectivity index (χ0) is 21.8. The van der Waals surface area contributed by atoms with Gasteiger partial charge in [-0.05, 0) is 37.1 Å². The highest BCUT2D eigenvalue weighted by Gasteiger charge is 2.23. The van der Waals surface area contributed by atoms with Crippen molar-refractivity contribution >= 4 is 38.6 Å². The quantitative estimate of drug-likeness (QED) is 0.590. The fourth-order valence-corrected chi connectivity index (χ4v) is 5.21. The van der Waals surface area contributed by atoms with Gasteiger partial charge in [-0.25, -0.2) is 18.1 Å². The first kappa shape index (κ1) is 21.4. The summed E-state index contributed by atoms with van der Waals surface area (Å²) < 4.78 is 25.6. The monoisotopic (exact) mass is 457 g/mol. The highest BCUT2D eigenvalue weighted by atomic mass is 32.2. The molecule has 0 atom stereocenters. The first-order chi connectivity index (χ1) is 14.9. The third kappa shape index (κ3) is 5.46. The molecule has 1 aliphatic rings. The van der Waals surface area contributed by atoms with Gasteiger partial charge in [0.25, 0.3) is 5.91 Å². The van der Waals surface area contributed by atoms with Gasteiger partial charge in [-0.2, -0.15) is 0 Å². The number of carbonyl (C=O) groups is 1. The molecule has 0 unspecified atom stereocenters. The molecule has 1 aliphatic heterocycles. The standard InChI is InChI=1S/C21H23N5O3S2/c1-31(28,29)25-16-8-11-26(12-9-16)19-7-3-2-6-17(19)23-20(27)18-14-30-21(24-18)15-5-4-10-22-13-15/h2-7,10,13-14,16,25H,8-9,11-12H2,1H3,(H,23,27). The number of nitrogens with zero attached hydrogens (tertiary/aromatic N) is 3. The lowest BCUT2D eigenvalue weighted by atomic mass is 10.0. The summed E-state index contributed by atoms with van der Waals surface area (Å²) in [4.78, 5) is 23.5. The molecule has 2 N–H and O–H groups in total. The number of thiazole rings is 1. The van der Waals surface area contributed by atoms with Crippen molar-refractivity contribution in [3.63, 3.8) is 0 Å². The van der Waals surface area contributed by atoms with Crippen molar-refractivity contribution in [2.75, 3.05) is 29.6 Å². The van der Waals surface area contributed by atoms with Crippen molar-refractivity contribution in [1.29, 1.82) is 0 Å². The summed E-state index contributed by atoms with van der Waals surface area (Å²) in [6.07, 6.45) is 6.01. The molecule has 3 heterocycles. The topological polar surface area (TPSA) is 104 Å². The van der Waals surface area contributed by atoms with Crippen molar-refractivity contribution in [2.24, 2.45) is 0 Å². The number of nitrogens with one attached hydrogen (secondary N) is 2. The number of hydrogen-bond donors (Lipinski definition) is 2. The van der Waals surface area contributed by atoms with Crippen molar-refractivity contribution in [3.8, 4) is 10.6 Å². The second-order valence-corrected chi connectivity index (χ2v) is 10.0. The van der Waals surface area contributed by atoms with Crippen LogP contribution in [0.4, 0.5) is 11.4 Å². The van der Waals surface area contributed by atoms with Crippen molar-refractivity contribution in [1.82, 2.24) is 14.7 Å². The molecule has 8 nitrogen and oxygen atoms in total. The molecule has 1 amide bonds. The zero-order valence-electron chi connectivity index (χ0n) is 17.0. The molecule has 0 saturated carbocycles. The molecule has 0 spiro atoms. The largest absolute Gasteiger partial charge is 0.370 e. The zero-order valence-corrected chi connectivity index (χ0v) is 18.6. The average molecular weight is 458 g/mol. The summed E-state index contributed by atoms with van der Waals surface area (Å²) >= 11 is 1.40. The summed E-state index contributed by atoms with van der Waals surface area (Å²) in [7, 11) is -3.21. The smallest absolute Gasteiger partial charge is 0.275 e. The lowest BCUT2D eigenvalue weighted by molar-refractivity contribution is 0.102. The van der Waals surface area contributed by atoms with Gasteiger partial charge < -0.3 is 10.2 Å². The lowest BCUT2D eigenvalue weighted by Crippen LogP contribution is -2.44. The number of aromatic nitrogens is 2. The minimum Gasteiger partial charge on any atom is -0.370 e. The van der Waals surface area contributed by atoms with Crippen LogP contribution < -0.4 is 14.9 Å². The SMILES string of the molecule is CS(=O)(=O)NC1CCN(c2ccccc2NC(=O)c2csc(-c3cccnc3)n2)CC1. The molecule has 2 aromatic heterocycles. The average Bonchev–Trinajstić information content (AvgIpc) is 3.25. The number of para-hydroxylation sites is 2. The predicted octanol–water partition coefficient (Wildman–Crippen LogP) is 2.98. The van der Waals surface area contributed by atoms with Crippen LogP contribution >= 0.6 is 11.3 Å². The van der Waals surface area contributed by atoms with Crippen molar-refractivity contribution < 1.29 is 13.2 Å². The van der Waals surface area contributed by atoms with E-state index in [4.69, 9.17) is 0 Å². The Morgan fingerprint density at radius 3 is 2.65 bits per heavy atom. The van der Waals surface area contributed by atoms with E-state index in [1.54, 1.807) is 17.8 Å². The molecule has 0 bridgehead atoms. The Kier molecular flexibility index (Phi) is 6.30. The maximum Gasteiger partial charge on any atom is 0.275 e. The first-order valence-electron chi connectivity index (χ1n) is 9.87. The molecule has 3 aromatic rings. The van der Waals surface area contributed by atoms with Crippen LogP contribution in [0.25, 0.3) is 10.6 Å². The molecular formula is C21H23N5O3S2. The number of hydrogen-bond acceptors (Lipinski definition) is 7. The Balaban J connectivity index is 1.45. The van der Waals surface area contributed by atoms with E-state index in [0.717, 1.165) is 16.3 Å². The Bertz CT molecular complexity index is 1160. The molecular weight excluding hydrogens is 434 g/mol. The number of rotatable bonds is 6. The summed E-state index contributed by atoms with van der Waals surface area (Å²) in [5.41, 5.74) is 2.85. The Morgan fingerprint density at radius 2 is 1.94 bits per heavy atom. The number of carbonyl (C=O) groups excluding carboxylic acids is 1. The van der Waals surface area contributed by atoms with Gasteiger partial charge in [-0.3, -0.25) is 9.78 Å². The molecule has 162 valence electrons. The van der Waals surface area contributed by atoms with Crippen LogP contribution in [0.15, 0.2) is 54.2 Å². The molecule has 1 saturated heterocycles. The predicted molar refractivity (Wildman–Crippen MR) is 123 cm³/mol. The van der Waals surface area contributed by atoms with Crippen LogP contribution in [0, 0.1) is 0 Å². The Morgan fingerprint density at radius 1 is 1.16 bits per heavy atom. The number of sulfonamides is 1. The van der Waals surface area contributed by atoms with E-state index in [2.05, 4.69) is 24.9 Å². The van der Waals surface area contributed by atoms with Gasteiger partial charge in [0.2, 0.25) is 10.0 Å². The fourth-order valence-electron chi connectivity index (χ4n) is 3.58. The van der Waals surface area contributed by atoms with E-state index in [9.17, 15) is 13.2 Å². The van der Waals surface area contributed by atoms with Gasteiger partial charge in [0.15, 0.2) is 0 Å². The summed E-state index contributed by atoms with van der Waals surface area (Å²) in [5, 5.41) is 5.46. The molecule has 0 radical (unpaired) electrons. The van der Waals surface area contributed by atoms with Gasteiger partial charge in [0.05, 0.1) is 17.6 Å². The van der Waals surface area contributed by atoms with E-state index in [-0.39, 0.29) is 11.9 Å². The highest BCUT2D eigenvalue weighted by molar-refractivity contribution is 7.88. The minimum absolute atomic E-state index is 0.0612. The van der Waals surface area contributed by atoms with E-state index in [1.807, 2.05) is 36.4 Å². The number of anilines is 2. The first-order valence-corrected chi connectivity index (χ1v) is 12.6. The molecule has 1 aromatic carbocycles. The van der Waals surface area contributed by atoms with Crippen LogP contribution in [0.3, 0.4) is 0 Å². The number of amides is 1. The van der Waals surface area contributed by atoms with E-state index < -0.39 is 10.0 Å². The Hall–Kier alpha value is -2.82. The lowest BCUT2D eigenvalue weighted by Gasteiger charge is -2.34. The maximum atomic E-state index is 12.8. The minimum atomic E-state index is -3.21. The second kappa shape index (κ2) is 9.13. The Labute approximate surface area is 185 Å². The van der Waals surface area contributed by atoms with Crippen LogP contribution in [-0.2, 0) is 10.0 Å². The number of benzene rings is 1. The normalized spacial score (nSPS) is 15.1. The van der Waals surface area contributed by atoms with Gasteiger partial charge >= 0.3 is 0 Å². The van der Waals surface area contributed by atoms with Crippen LogP contribution in [0.2, 0.25) is 0 Å². The van der Waals surface area contributed by atoms with E-state index >= 15 is 0 Å². The molecule has 31 heavy (non-hydrogen) atoms. The van der Waals surface area contributed by atoms with Crippen LogP contribution in [0.1, 0.15) is 23.3 Å². The van der Waals surface area contributed by atoms with E-state index in [0.29, 0.717) is 37.3 Å². The third-order valence-electron chi connectivity index (χ3n) is 5.01. The van der Waals surface area contributed by atoms with Gasteiger partial charge in [-0.1, -0.05) is 12.1 Å². The van der Waals surface area contributed by atoms with E-state index in [1.165, 1.54) is 17.6 Å². The summed E-state index contributed by atoms with van der Waals surface area (Å²) in [6, 6.07) is 11.3. The van der Waals surface area contributed by atoms with Crippen LogP contribution in [-0.4, -0.2) is 49.7 Å². The van der Waals surface area contributed by atoms with Gasteiger partial charge in [0.1, 0.15) is 10.7 Å². The maximum absolute atomic E-state index is 12.8. The molecule has 10 heteroatoms. The van der Waals surface area contributed by atoms with Gasteiger partial charge in [-0.15, -0.1) is 11.3 Å². The summed E-state index contributed by atoms with van der Waals surface area (Å²) in [5.74, 6) is -0.271. The number of pyridine rings is 1. The van der Waals surface area contributed by atoms with Crippen LogP contribution in [0.5, 0.6) is 0 Å².